The second kappa shape index (κ2) is 12.0. The zero-order valence-corrected chi connectivity index (χ0v) is 20.9. The molecule has 0 unspecified atom stereocenters. The molecule has 0 atom stereocenters. The number of carbonyl (C=O) groups is 1. The number of carbonyl (C=O) groups excluding carboxylic acids is 1. The average molecular weight is 536 g/mol. The SMILES string of the molecule is CCOc1cc(/C=C(\C#N)C(=O)Nc2ccc(Cl)cc2)cc(Cl)c1OCc1ccc(Cl)c(Cl)c1. The molecule has 34 heavy (non-hydrogen) atoms. The molecule has 0 heterocycles. The third kappa shape index (κ3) is 6.82. The summed E-state index contributed by atoms with van der Waals surface area (Å²) in [5.41, 5.74) is 1.69. The number of benzene rings is 3. The van der Waals surface area contributed by atoms with Gasteiger partial charge in [-0.3, -0.25) is 4.79 Å². The molecule has 0 saturated heterocycles. The molecule has 0 aliphatic rings. The molecule has 9 heteroatoms. The van der Waals surface area contributed by atoms with Gasteiger partial charge in [0.05, 0.1) is 21.7 Å². The first-order valence-corrected chi connectivity index (χ1v) is 11.5. The molecule has 174 valence electrons. The van der Waals surface area contributed by atoms with Crippen molar-refractivity contribution in [2.75, 3.05) is 11.9 Å². The Labute approximate surface area is 217 Å². The average Bonchev–Trinajstić information content (AvgIpc) is 2.80. The molecule has 0 saturated carbocycles. The third-order valence-electron chi connectivity index (χ3n) is 4.48. The third-order valence-corrected chi connectivity index (χ3v) is 5.75. The topological polar surface area (TPSA) is 71.3 Å². The van der Waals surface area contributed by atoms with Crippen molar-refractivity contribution in [3.05, 3.63) is 91.4 Å². The summed E-state index contributed by atoms with van der Waals surface area (Å²) >= 11 is 24.4. The highest BCUT2D eigenvalue weighted by Gasteiger charge is 2.15. The van der Waals surface area contributed by atoms with Crippen LogP contribution in [0, 0.1) is 11.3 Å². The van der Waals surface area contributed by atoms with Gasteiger partial charge < -0.3 is 14.8 Å². The monoisotopic (exact) mass is 534 g/mol. The second-order valence-electron chi connectivity index (χ2n) is 6.93. The molecule has 0 aliphatic heterocycles. The lowest BCUT2D eigenvalue weighted by molar-refractivity contribution is -0.112. The van der Waals surface area contributed by atoms with E-state index in [2.05, 4.69) is 5.32 Å². The number of halogens is 4. The van der Waals surface area contributed by atoms with Gasteiger partial charge in [0, 0.05) is 10.7 Å². The highest BCUT2D eigenvalue weighted by Crippen LogP contribution is 2.38. The van der Waals surface area contributed by atoms with Gasteiger partial charge in [0.1, 0.15) is 18.2 Å². The summed E-state index contributed by atoms with van der Waals surface area (Å²) in [6, 6.07) is 16.9. The number of rotatable bonds is 8. The molecule has 1 N–H and O–H groups in total. The molecule has 0 bridgehead atoms. The molecular weight excluding hydrogens is 518 g/mol. The minimum atomic E-state index is -0.571. The van der Waals surface area contributed by atoms with Gasteiger partial charge in [-0.1, -0.05) is 52.5 Å². The Morgan fingerprint density at radius 1 is 0.971 bits per heavy atom. The molecule has 0 aromatic heterocycles. The fraction of sp³-hybridized carbons (Fsp3) is 0.120. The summed E-state index contributed by atoms with van der Waals surface area (Å²) in [5, 5.41) is 13.8. The van der Waals surface area contributed by atoms with Crippen LogP contribution in [0.25, 0.3) is 6.08 Å². The van der Waals surface area contributed by atoms with E-state index in [0.717, 1.165) is 5.56 Å². The summed E-state index contributed by atoms with van der Waals surface area (Å²) in [7, 11) is 0. The van der Waals surface area contributed by atoms with E-state index in [1.165, 1.54) is 6.08 Å². The minimum Gasteiger partial charge on any atom is -0.490 e. The lowest BCUT2D eigenvalue weighted by Crippen LogP contribution is -2.13. The first kappa shape index (κ1) is 25.7. The van der Waals surface area contributed by atoms with Crippen LogP contribution in [0.15, 0.2) is 60.2 Å². The van der Waals surface area contributed by atoms with E-state index < -0.39 is 5.91 Å². The van der Waals surface area contributed by atoms with Crippen LogP contribution in [-0.4, -0.2) is 12.5 Å². The summed E-state index contributed by atoms with van der Waals surface area (Å²) in [6.45, 7) is 2.35. The van der Waals surface area contributed by atoms with Crippen molar-refractivity contribution in [3.8, 4) is 17.6 Å². The van der Waals surface area contributed by atoms with Crippen LogP contribution < -0.4 is 14.8 Å². The second-order valence-corrected chi connectivity index (χ2v) is 8.59. The van der Waals surface area contributed by atoms with E-state index in [1.807, 2.05) is 13.0 Å². The van der Waals surface area contributed by atoms with Gasteiger partial charge >= 0.3 is 0 Å². The Bertz CT molecular complexity index is 1270. The molecule has 0 fully saturated rings. The van der Waals surface area contributed by atoms with Crippen LogP contribution in [0.3, 0.4) is 0 Å². The molecule has 3 rings (SSSR count). The zero-order valence-electron chi connectivity index (χ0n) is 17.9. The molecule has 1 amide bonds. The zero-order chi connectivity index (χ0) is 24.7. The first-order valence-electron chi connectivity index (χ1n) is 10.0. The Morgan fingerprint density at radius 2 is 1.71 bits per heavy atom. The molecule has 0 radical (unpaired) electrons. The highest BCUT2D eigenvalue weighted by molar-refractivity contribution is 6.42. The van der Waals surface area contributed by atoms with Crippen molar-refractivity contribution in [1.29, 1.82) is 5.26 Å². The maximum absolute atomic E-state index is 12.6. The Kier molecular flexibility index (Phi) is 9.09. The predicted molar refractivity (Wildman–Crippen MR) is 137 cm³/mol. The fourth-order valence-corrected chi connectivity index (χ4v) is 3.63. The normalized spacial score (nSPS) is 11.0. The number of nitrogens with one attached hydrogen (secondary N) is 1. The van der Waals surface area contributed by atoms with Crippen LogP contribution in [0.5, 0.6) is 11.5 Å². The molecule has 5 nitrogen and oxygen atoms in total. The summed E-state index contributed by atoms with van der Waals surface area (Å²) in [4.78, 5) is 12.6. The van der Waals surface area contributed by atoms with Gasteiger partial charge in [0.2, 0.25) is 0 Å². The van der Waals surface area contributed by atoms with E-state index >= 15 is 0 Å². The van der Waals surface area contributed by atoms with Gasteiger partial charge in [-0.2, -0.15) is 5.26 Å². The predicted octanol–water partition coefficient (Wildman–Crippen LogP) is 7.82. The van der Waals surface area contributed by atoms with Crippen LogP contribution in [0.4, 0.5) is 5.69 Å². The Balaban J connectivity index is 1.84. The molecular formula is C25H18Cl4N2O3. The first-order chi connectivity index (χ1) is 16.3. The number of hydrogen-bond donors (Lipinski definition) is 1. The number of nitriles is 1. The summed E-state index contributed by atoms with van der Waals surface area (Å²) in [6.07, 6.45) is 1.42. The van der Waals surface area contributed by atoms with Gasteiger partial charge in [0.15, 0.2) is 11.5 Å². The van der Waals surface area contributed by atoms with Crippen molar-refractivity contribution in [3.63, 3.8) is 0 Å². The summed E-state index contributed by atoms with van der Waals surface area (Å²) in [5.74, 6) is 0.131. The Morgan fingerprint density at radius 3 is 2.35 bits per heavy atom. The number of anilines is 1. The number of nitrogens with zero attached hydrogens (tertiary/aromatic N) is 1. The molecule has 3 aromatic rings. The smallest absolute Gasteiger partial charge is 0.266 e. The lowest BCUT2D eigenvalue weighted by Gasteiger charge is -2.15. The maximum atomic E-state index is 12.6. The molecule has 0 spiro atoms. The van der Waals surface area contributed by atoms with Crippen LogP contribution in [0.1, 0.15) is 18.1 Å². The maximum Gasteiger partial charge on any atom is 0.266 e. The van der Waals surface area contributed by atoms with Crippen molar-refractivity contribution >= 4 is 64.1 Å². The van der Waals surface area contributed by atoms with E-state index in [0.29, 0.717) is 44.4 Å². The van der Waals surface area contributed by atoms with Gasteiger partial charge in [-0.15, -0.1) is 0 Å². The molecule has 0 aliphatic carbocycles. The van der Waals surface area contributed by atoms with Gasteiger partial charge in [0.25, 0.3) is 5.91 Å². The van der Waals surface area contributed by atoms with E-state index in [1.54, 1.807) is 54.6 Å². The van der Waals surface area contributed by atoms with Crippen molar-refractivity contribution in [2.24, 2.45) is 0 Å². The van der Waals surface area contributed by atoms with Gasteiger partial charge in [-0.05, 0) is 72.7 Å². The van der Waals surface area contributed by atoms with Crippen molar-refractivity contribution in [1.82, 2.24) is 0 Å². The van der Waals surface area contributed by atoms with E-state index in [9.17, 15) is 10.1 Å². The standard InChI is InChI=1S/C25H18Cl4N2O3/c1-2-33-23-12-16(9-17(13-30)25(32)31-19-6-4-18(26)5-7-19)11-22(29)24(23)34-14-15-3-8-20(27)21(28)10-15/h3-12H,2,14H2,1H3,(H,31,32)/b17-9+. The van der Waals surface area contributed by atoms with Gasteiger partial charge in [-0.25, -0.2) is 0 Å². The van der Waals surface area contributed by atoms with Crippen LogP contribution in [0.2, 0.25) is 20.1 Å². The van der Waals surface area contributed by atoms with Crippen LogP contribution >= 0.6 is 46.4 Å². The van der Waals surface area contributed by atoms with Crippen LogP contribution in [-0.2, 0) is 11.4 Å². The minimum absolute atomic E-state index is 0.113. The van der Waals surface area contributed by atoms with E-state index in [4.69, 9.17) is 55.9 Å². The number of hydrogen-bond acceptors (Lipinski definition) is 4. The Hall–Kier alpha value is -2.88. The lowest BCUT2D eigenvalue weighted by atomic mass is 10.1. The quantitative estimate of drug-likeness (QED) is 0.235. The fourth-order valence-electron chi connectivity index (χ4n) is 2.91. The van der Waals surface area contributed by atoms with Crippen molar-refractivity contribution in [2.45, 2.75) is 13.5 Å². The highest BCUT2D eigenvalue weighted by atomic mass is 35.5. The number of amides is 1. The molecule has 3 aromatic carbocycles. The number of ether oxygens (including phenoxy) is 2. The van der Waals surface area contributed by atoms with Crippen molar-refractivity contribution < 1.29 is 14.3 Å². The summed E-state index contributed by atoms with van der Waals surface area (Å²) < 4.78 is 11.6. The van der Waals surface area contributed by atoms with E-state index in [-0.39, 0.29) is 17.2 Å². The largest absolute Gasteiger partial charge is 0.490 e.